The topological polar surface area (TPSA) is 44.5 Å². The maximum absolute atomic E-state index is 7.28. The first-order valence-electron chi connectivity index (χ1n) is 24.0. The van der Waals surface area contributed by atoms with Gasteiger partial charge in [-0.25, -0.2) is 4.98 Å². The van der Waals surface area contributed by atoms with Gasteiger partial charge in [-0.3, -0.25) is 9.80 Å². The van der Waals surface area contributed by atoms with Crippen LogP contribution in [-0.2, 0) is 16.2 Å². The van der Waals surface area contributed by atoms with Gasteiger partial charge in [0.15, 0.2) is 0 Å². The molecule has 0 atom stereocenters. The molecule has 3 heterocycles. The van der Waals surface area contributed by atoms with Crippen LogP contribution in [0.3, 0.4) is 0 Å². The number of aryl methyl sites for hydroxylation is 1. The number of rotatable bonds is 6. The summed E-state index contributed by atoms with van der Waals surface area (Å²) in [5.74, 6) is 1.88. The average Bonchev–Trinajstić information content (AvgIpc) is 3.97. The lowest BCUT2D eigenvalue weighted by Crippen LogP contribution is -2.31. The number of hydrogen-bond acceptors (Lipinski definition) is 5. The van der Waals surface area contributed by atoms with Crippen LogP contribution in [0.1, 0.15) is 87.4 Å². The molecule has 2 aromatic heterocycles. The Balaban J connectivity index is 1.19. The molecule has 12 rings (SSSR count). The van der Waals surface area contributed by atoms with Gasteiger partial charge in [-0.1, -0.05) is 156 Å². The van der Waals surface area contributed by atoms with Crippen LogP contribution in [0.5, 0.6) is 0 Å². The van der Waals surface area contributed by atoms with Crippen LogP contribution in [0.4, 0.5) is 28.6 Å². The van der Waals surface area contributed by atoms with Crippen molar-refractivity contribution in [3.63, 3.8) is 0 Å². The molecule has 1 spiro atoms. The maximum Gasteiger partial charge on any atom is 0.145 e. The van der Waals surface area contributed by atoms with E-state index >= 15 is 0 Å². The molecular weight excluding hydrogens is 829 g/mol. The number of para-hydroxylation sites is 1. The van der Waals surface area contributed by atoms with Crippen molar-refractivity contribution in [2.24, 2.45) is 0 Å². The number of aromatic nitrogens is 1. The quantitative estimate of drug-likeness (QED) is 0.180. The zero-order valence-electron chi connectivity index (χ0n) is 40.2. The van der Waals surface area contributed by atoms with Gasteiger partial charge in [-0.15, -0.1) is 0 Å². The molecular formula is C63H56N4O. The van der Waals surface area contributed by atoms with Crippen molar-refractivity contribution >= 4 is 50.5 Å². The van der Waals surface area contributed by atoms with Crippen LogP contribution in [-0.4, -0.2) is 11.5 Å². The molecule has 334 valence electrons. The number of anilines is 5. The lowest BCUT2D eigenvalue weighted by molar-refractivity contribution is 0.590. The van der Waals surface area contributed by atoms with E-state index in [1.165, 1.54) is 55.6 Å². The summed E-state index contributed by atoms with van der Waals surface area (Å²) in [6.07, 6.45) is 6.43. The van der Waals surface area contributed by atoms with E-state index in [1.54, 1.807) is 0 Å². The minimum absolute atomic E-state index is 0.00197. The van der Waals surface area contributed by atoms with Crippen molar-refractivity contribution in [1.82, 2.24) is 10.3 Å². The Bertz CT molecular complexity index is 3490. The second-order valence-electron chi connectivity index (χ2n) is 21.1. The predicted molar refractivity (Wildman–Crippen MR) is 283 cm³/mol. The van der Waals surface area contributed by atoms with Gasteiger partial charge >= 0.3 is 0 Å². The summed E-state index contributed by atoms with van der Waals surface area (Å²) in [5, 5.41) is 5.92. The highest BCUT2D eigenvalue weighted by Gasteiger charge is 2.53. The van der Waals surface area contributed by atoms with Crippen LogP contribution >= 0.6 is 0 Å². The first-order chi connectivity index (χ1) is 32.8. The largest absolute Gasteiger partial charge is 0.455 e. The summed E-state index contributed by atoms with van der Waals surface area (Å²) in [7, 11) is 0. The number of dihydropyridines is 1. The highest BCUT2D eigenvalue weighted by atomic mass is 16.3. The van der Waals surface area contributed by atoms with E-state index < -0.39 is 5.41 Å². The van der Waals surface area contributed by atoms with Crippen LogP contribution in [0.2, 0.25) is 0 Å². The third-order valence-corrected chi connectivity index (χ3v) is 14.6. The van der Waals surface area contributed by atoms with Crippen molar-refractivity contribution in [2.45, 2.75) is 71.6 Å². The second-order valence-corrected chi connectivity index (χ2v) is 21.1. The lowest BCUT2D eigenvalue weighted by Gasteiger charge is -2.34. The van der Waals surface area contributed by atoms with E-state index in [4.69, 9.17) is 9.40 Å². The lowest BCUT2D eigenvalue weighted by atomic mass is 9.70. The van der Waals surface area contributed by atoms with Crippen molar-refractivity contribution in [2.75, 3.05) is 16.3 Å². The molecule has 68 heavy (non-hydrogen) atoms. The smallest absolute Gasteiger partial charge is 0.145 e. The van der Waals surface area contributed by atoms with Crippen molar-refractivity contribution < 1.29 is 4.42 Å². The summed E-state index contributed by atoms with van der Waals surface area (Å²) in [6, 6.07) is 58.7. The van der Waals surface area contributed by atoms with Gasteiger partial charge in [-0.05, 0) is 141 Å². The van der Waals surface area contributed by atoms with Gasteiger partial charge in [0.05, 0.1) is 16.5 Å². The zero-order valence-corrected chi connectivity index (χ0v) is 40.2. The first-order valence-corrected chi connectivity index (χ1v) is 24.0. The number of benzene rings is 7. The molecule has 0 saturated carbocycles. The average molecular weight is 885 g/mol. The van der Waals surface area contributed by atoms with E-state index in [0.29, 0.717) is 0 Å². The normalized spacial score (nSPS) is 14.5. The van der Waals surface area contributed by atoms with Crippen LogP contribution < -0.4 is 15.1 Å². The molecule has 5 nitrogen and oxygen atoms in total. The van der Waals surface area contributed by atoms with E-state index in [2.05, 4.69) is 240 Å². The van der Waals surface area contributed by atoms with Crippen LogP contribution in [0.15, 0.2) is 192 Å². The molecule has 9 aromatic rings. The molecule has 0 radical (unpaired) electrons. The van der Waals surface area contributed by atoms with Gasteiger partial charge in [0.2, 0.25) is 0 Å². The Labute approximate surface area is 400 Å². The monoisotopic (exact) mass is 884 g/mol. The fourth-order valence-electron chi connectivity index (χ4n) is 11.1. The van der Waals surface area contributed by atoms with Crippen molar-refractivity contribution in [1.29, 1.82) is 0 Å². The fraction of sp³-hybridized carbons (Fsp3) is 0.190. The number of furan rings is 1. The SMILES string of the molecule is CC1=CC=C(N(c2ccc(C(C)(C)C)cc2)c2ccc3c(c2)C2(c4ccccc4-c4ccccc42)c2cc(N(c4ccc(C(C)(C)C)cc4)c4ccc(C)cn4)c4c(oc5ccccc54)c2-3)NC1. The summed E-state index contributed by atoms with van der Waals surface area (Å²) >= 11 is 0. The number of pyridine rings is 1. The Kier molecular flexibility index (Phi) is 9.34. The first kappa shape index (κ1) is 41.8. The Morgan fingerprint density at radius 1 is 0.559 bits per heavy atom. The number of fused-ring (bicyclic) bond motifs is 14. The summed E-state index contributed by atoms with van der Waals surface area (Å²) < 4.78 is 7.28. The third kappa shape index (κ3) is 6.32. The summed E-state index contributed by atoms with van der Waals surface area (Å²) in [6.45, 7) is 18.7. The van der Waals surface area contributed by atoms with Crippen molar-refractivity contribution in [3.05, 3.63) is 226 Å². The fourth-order valence-corrected chi connectivity index (χ4v) is 11.1. The van der Waals surface area contributed by atoms with Gasteiger partial charge in [0.25, 0.3) is 0 Å². The molecule has 1 aliphatic heterocycles. The molecule has 1 N–H and O–H groups in total. The molecule has 0 bridgehead atoms. The number of hydrogen-bond donors (Lipinski definition) is 1. The van der Waals surface area contributed by atoms with E-state index in [0.717, 1.165) is 74.0 Å². The second kappa shape index (κ2) is 15.2. The van der Waals surface area contributed by atoms with E-state index in [1.807, 2.05) is 6.20 Å². The Morgan fingerprint density at radius 3 is 1.76 bits per heavy atom. The number of allylic oxidation sites excluding steroid dienone is 2. The molecule has 3 aliphatic rings. The highest BCUT2D eigenvalue weighted by molar-refractivity contribution is 6.19. The van der Waals surface area contributed by atoms with Crippen molar-refractivity contribution in [3.8, 4) is 22.3 Å². The molecule has 0 unspecified atom stereocenters. The molecule has 0 amide bonds. The van der Waals surface area contributed by atoms with Crippen LogP contribution in [0, 0.1) is 6.92 Å². The molecule has 2 aliphatic carbocycles. The highest BCUT2D eigenvalue weighted by Crippen LogP contribution is 2.66. The minimum atomic E-state index is -0.690. The van der Waals surface area contributed by atoms with Gasteiger partial charge < -0.3 is 9.73 Å². The predicted octanol–water partition coefficient (Wildman–Crippen LogP) is 16.2. The van der Waals surface area contributed by atoms with Gasteiger partial charge in [0.1, 0.15) is 22.8 Å². The summed E-state index contributed by atoms with van der Waals surface area (Å²) in [5.41, 5.74) is 20.1. The van der Waals surface area contributed by atoms with Crippen LogP contribution in [0.25, 0.3) is 44.2 Å². The van der Waals surface area contributed by atoms with Gasteiger partial charge in [-0.2, -0.15) is 0 Å². The number of nitrogens with zero attached hydrogens (tertiary/aromatic N) is 3. The van der Waals surface area contributed by atoms with E-state index in [-0.39, 0.29) is 10.8 Å². The maximum atomic E-state index is 7.28. The Hall–Kier alpha value is -7.63. The van der Waals surface area contributed by atoms with Gasteiger partial charge in [0, 0.05) is 40.8 Å². The molecule has 0 saturated heterocycles. The zero-order chi connectivity index (χ0) is 46.7. The Morgan fingerprint density at radius 2 is 1.16 bits per heavy atom. The number of nitrogens with one attached hydrogen (secondary N) is 1. The molecule has 7 aromatic carbocycles. The summed E-state index contributed by atoms with van der Waals surface area (Å²) in [4.78, 5) is 9.92. The minimum Gasteiger partial charge on any atom is -0.455 e. The molecule has 5 heteroatoms. The standard InChI is InChI=1S/C63H56N4O/c1-39-21-33-56(64-37-39)66(43-27-23-41(24-28-43)61(3,4)5)45-31-32-48-52(35-45)63(50-18-12-9-15-46(50)47-16-10-13-19-51(47)63)53-36-54(59-49-17-11-14-20-55(49)68-60(59)58(48)53)67(57-34-22-40(2)38-65-57)44-29-25-42(26-30-44)62(6,7)8/h9-36,38,64H,37H2,1-8H3. The van der Waals surface area contributed by atoms with E-state index in [9.17, 15) is 0 Å². The molecule has 0 fully saturated rings. The third-order valence-electron chi connectivity index (χ3n) is 14.6.